The Morgan fingerprint density at radius 3 is 2.80 bits per heavy atom. The van der Waals surface area contributed by atoms with Gasteiger partial charge < -0.3 is 14.4 Å². The van der Waals surface area contributed by atoms with Gasteiger partial charge in [-0.15, -0.1) is 0 Å². The molecule has 1 saturated heterocycles. The van der Waals surface area contributed by atoms with Crippen LogP contribution in [0.15, 0.2) is 6.33 Å². The number of hydrogen-bond donors (Lipinski definition) is 1. The molecule has 3 heterocycles. The van der Waals surface area contributed by atoms with Crippen LogP contribution < -0.4 is 4.74 Å². The fourth-order valence-corrected chi connectivity index (χ4v) is 3.44. The number of aliphatic hydroxyl groups is 1. The van der Waals surface area contributed by atoms with Crippen molar-refractivity contribution in [2.75, 3.05) is 13.1 Å². The third-order valence-electron chi connectivity index (χ3n) is 4.73. The third-order valence-corrected chi connectivity index (χ3v) is 4.73. The summed E-state index contributed by atoms with van der Waals surface area (Å²) in [7, 11) is 0. The lowest BCUT2D eigenvalue weighted by atomic mass is 10.1. The van der Waals surface area contributed by atoms with E-state index in [0.717, 1.165) is 49.3 Å². The first kappa shape index (κ1) is 18.1. The van der Waals surface area contributed by atoms with E-state index < -0.39 is 6.23 Å². The fourth-order valence-electron chi connectivity index (χ4n) is 3.44. The van der Waals surface area contributed by atoms with Gasteiger partial charge in [0, 0.05) is 26.1 Å². The standard InChI is InChI=1S/C18H29N5O2/c1-5-15(24)22-8-7-13(10-22)25-18-16-17(19-11-20-18)23(6-2)14(21-16)9-12(3)4/h11-13,15,24H,5-10H2,1-4H3. The van der Waals surface area contributed by atoms with E-state index in [-0.39, 0.29) is 6.10 Å². The number of ether oxygens (including phenoxy) is 1. The maximum Gasteiger partial charge on any atom is 0.245 e. The maximum absolute atomic E-state index is 10.00. The van der Waals surface area contributed by atoms with Gasteiger partial charge in [-0.25, -0.2) is 9.97 Å². The van der Waals surface area contributed by atoms with Gasteiger partial charge in [0.25, 0.3) is 0 Å². The minimum Gasteiger partial charge on any atom is -0.471 e. The van der Waals surface area contributed by atoms with Crippen molar-refractivity contribution in [1.29, 1.82) is 0 Å². The molecule has 3 rings (SSSR count). The average molecular weight is 347 g/mol. The number of aliphatic hydroxyl groups excluding tert-OH is 1. The summed E-state index contributed by atoms with van der Waals surface area (Å²) in [6.45, 7) is 10.9. The molecule has 2 aromatic heterocycles. The highest BCUT2D eigenvalue weighted by atomic mass is 16.5. The molecular formula is C18H29N5O2. The van der Waals surface area contributed by atoms with E-state index in [1.165, 1.54) is 0 Å². The largest absolute Gasteiger partial charge is 0.471 e. The quantitative estimate of drug-likeness (QED) is 0.828. The molecule has 0 saturated carbocycles. The Labute approximate surface area is 149 Å². The van der Waals surface area contributed by atoms with Gasteiger partial charge in [-0.05, 0) is 25.7 Å². The molecule has 2 atom stereocenters. The predicted molar refractivity (Wildman–Crippen MR) is 96.4 cm³/mol. The van der Waals surface area contributed by atoms with Gasteiger partial charge in [0.1, 0.15) is 24.5 Å². The fraction of sp³-hybridized carbons (Fsp3) is 0.722. The van der Waals surface area contributed by atoms with E-state index in [2.05, 4.69) is 40.2 Å². The predicted octanol–water partition coefficient (Wildman–Crippen LogP) is 2.23. The molecule has 0 spiro atoms. The zero-order valence-electron chi connectivity index (χ0n) is 15.6. The van der Waals surface area contributed by atoms with Crippen molar-refractivity contribution in [2.45, 2.75) is 65.8 Å². The molecule has 2 aromatic rings. The molecule has 1 aliphatic rings. The second kappa shape index (κ2) is 7.66. The van der Waals surface area contributed by atoms with Gasteiger partial charge in [0.15, 0.2) is 11.2 Å². The van der Waals surface area contributed by atoms with Crippen LogP contribution in [0.25, 0.3) is 11.2 Å². The Hall–Kier alpha value is -1.73. The second-order valence-electron chi connectivity index (χ2n) is 7.13. The van der Waals surface area contributed by atoms with Crippen LogP contribution in [0.2, 0.25) is 0 Å². The smallest absolute Gasteiger partial charge is 0.245 e. The first-order chi connectivity index (χ1) is 12.0. The molecule has 0 radical (unpaired) electrons. The van der Waals surface area contributed by atoms with Crippen molar-refractivity contribution in [2.24, 2.45) is 5.92 Å². The van der Waals surface area contributed by atoms with Crippen LogP contribution in [0, 0.1) is 5.92 Å². The van der Waals surface area contributed by atoms with E-state index in [9.17, 15) is 5.11 Å². The van der Waals surface area contributed by atoms with E-state index in [1.807, 2.05) is 6.92 Å². The number of fused-ring (bicyclic) bond motifs is 1. The molecule has 0 bridgehead atoms. The topological polar surface area (TPSA) is 76.3 Å². The molecule has 25 heavy (non-hydrogen) atoms. The van der Waals surface area contributed by atoms with Gasteiger partial charge in [-0.3, -0.25) is 4.90 Å². The van der Waals surface area contributed by atoms with Crippen LogP contribution in [0.5, 0.6) is 5.88 Å². The van der Waals surface area contributed by atoms with Crippen molar-refractivity contribution in [3.63, 3.8) is 0 Å². The molecule has 7 heteroatoms. The molecule has 7 nitrogen and oxygen atoms in total. The van der Waals surface area contributed by atoms with Crippen molar-refractivity contribution in [3.05, 3.63) is 12.2 Å². The van der Waals surface area contributed by atoms with Crippen molar-refractivity contribution in [1.82, 2.24) is 24.4 Å². The SMILES string of the molecule is CCC(O)N1CCC(Oc2ncnc3c2nc(CC(C)C)n3CC)C1. The second-order valence-corrected chi connectivity index (χ2v) is 7.13. The number of rotatable bonds is 7. The third kappa shape index (κ3) is 3.77. The minimum atomic E-state index is -0.393. The van der Waals surface area contributed by atoms with E-state index >= 15 is 0 Å². The number of hydrogen-bond acceptors (Lipinski definition) is 6. The van der Waals surface area contributed by atoms with Crippen molar-refractivity contribution < 1.29 is 9.84 Å². The summed E-state index contributed by atoms with van der Waals surface area (Å²) in [4.78, 5) is 15.6. The highest BCUT2D eigenvalue weighted by Gasteiger charge is 2.29. The molecule has 0 aliphatic carbocycles. The molecule has 1 aliphatic heterocycles. The van der Waals surface area contributed by atoms with Crippen LogP contribution in [0.1, 0.15) is 46.4 Å². The number of aryl methyl sites for hydroxylation is 1. The summed E-state index contributed by atoms with van der Waals surface area (Å²) in [6, 6.07) is 0. The maximum atomic E-state index is 10.00. The van der Waals surface area contributed by atoms with Crippen molar-refractivity contribution >= 4 is 11.2 Å². The Balaban J connectivity index is 1.84. The van der Waals surface area contributed by atoms with Gasteiger partial charge in [0.2, 0.25) is 5.88 Å². The normalized spacial score (nSPS) is 19.8. The van der Waals surface area contributed by atoms with Crippen LogP contribution in [0.3, 0.4) is 0 Å². The first-order valence-electron chi connectivity index (χ1n) is 9.32. The zero-order chi connectivity index (χ0) is 18.0. The van der Waals surface area contributed by atoms with Crippen LogP contribution in [-0.2, 0) is 13.0 Å². The molecular weight excluding hydrogens is 318 g/mol. The Kier molecular flexibility index (Phi) is 5.54. The van der Waals surface area contributed by atoms with E-state index in [0.29, 0.717) is 18.3 Å². The molecule has 1 N–H and O–H groups in total. The van der Waals surface area contributed by atoms with Crippen LogP contribution in [0.4, 0.5) is 0 Å². The summed E-state index contributed by atoms with van der Waals surface area (Å²) in [6.07, 6.45) is 3.71. The highest BCUT2D eigenvalue weighted by Crippen LogP contribution is 2.26. The average Bonchev–Trinajstić information content (AvgIpc) is 3.18. The lowest BCUT2D eigenvalue weighted by molar-refractivity contribution is 0.0111. The van der Waals surface area contributed by atoms with E-state index in [1.54, 1.807) is 6.33 Å². The summed E-state index contributed by atoms with van der Waals surface area (Å²) in [5.74, 6) is 2.12. The Bertz CT molecular complexity index is 715. The molecule has 138 valence electrons. The van der Waals surface area contributed by atoms with Crippen LogP contribution in [-0.4, -0.2) is 54.9 Å². The molecule has 2 unspecified atom stereocenters. The summed E-state index contributed by atoms with van der Waals surface area (Å²) in [5, 5.41) is 10.00. The zero-order valence-corrected chi connectivity index (χ0v) is 15.6. The Morgan fingerprint density at radius 1 is 1.32 bits per heavy atom. The van der Waals surface area contributed by atoms with E-state index in [4.69, 9.17) is 9.72 Å². The summed E-state index contributed by atoms with van der Waals surface area (Å²) < 4.78 is 8.30. The van der Waals surface area contributed by atoms with Gasteiger partial charge in [-0.2, -0.15) is 4.98 Å². The van der Waals surface area contributed by atoms with Gasteiger partial charge >= 0.3 is 0 Å². The number of nitrogens with zero attached hydrogens (tertiary/aromatic N) is 5. The minimum absolute atomic E-state index is 0.0274. The molecule has 0 amide bonds. The number of aromatic nitrogens is 4. The summed E-state index contributed by atoms with van der Waals surface area (Å²) in [5.41, 5.74) is 1.58. The van der Waals surface area contributed by atoms with Gasteiger partial charge in [-0.1, -0.05) is 20.8 Å². The first-order valence-corrected chi connectivity index (χ1v) is 9.32. The highest BCUT2D eigenvalue weighted by molar-refractivity contribution is 5.76. The summed E-state index contributed by atoms with van der Waals surface area (Å²) >= 11 is 0. The Morgan fingerprint density at radius 2 is 2.12 bits per heavy atom. The number of imidazole rings is 1. The molecule has 1 fully saturated rings. The lowest BCUT2D eigenvalue weighted by Gasteiger charge is -2.21. The molecule has 0 aromatic carbocycles. The van der Waals surface area contributed by atoms with Crippen LogP contribution >= 0.6 is 0 Å². The lowest BCUT2D eigenvalue weighted by Crippen LogP contribution is -2.34. The van der Waals surface area contributed by atoms with Gasteiger partial charge in [0.05, 0.1) is 0 Å². The number of likely N-dealkylation sites (tertiary alicyclic amines) is 1. The van der Waals surface area contributed by atoms with Crippen molar-refractivity contribution in [3.8, 4) is 5.88 Å². The monoisotopic (exact) mass is 347 g/mol.